The lowest BCUT2D eigenvalue weighted by Gasteiger charge is -2.08. The third-order valence-electron chi connectivity index (χ3n) is 7.15. The number of aromatic carboxylic acids is 1. The van der Waals surface area contributed by atoms with Gasteiger partial charge in [-0.05, 0) is 38.4 Å². The summed E-state index contributed by atoms with van der Waals surface area (Å²) in [5.41, 5.74) is 0.421. The number of carbonyl (C=O) groups excluding carboxylic acids is 2. The summed E-state index contributed by atoms with van der Waals surface area (Å²) in [5, 5.41) is 40.3. The number of aldehydes is 2. The number of rotatable bonds is 32. The van der Waals surface area contributed by atoms with Crippen LogP contribution < -0.4 is 20.7 Å². The third kappa shape index (κ3) is 24.5. The number of non-ortho nitro benzene ring substituents is 1. The van der Waals surface area contributed by atoms with Crippen LogP contribution in [0.1, 0.15) is 23.3 Å². The zero-order valence-electron chi connectivity index (χ0n) is 33.0. The summed E-state index contributed by atoms with van der Waals surface area (Å²) in [6, 6.07) is 10.4. The first kappa shape index (κ1) is 50.9. The number of aromatic amines is 1. The first-order valence-corrected chi connectivity index (χ1v) is 18.5. The molecule has 0 saturated carbocycles. The van der Waals surface area contributed by atoms with Crippen molar-refractivity contribution in [3.63, 3.8) is 0 Å². The molecule has 0 aliphatic rings. The highest BCUT2D eigenvalue weighted by Crippen LogP contribution is 2.28. The van der Waals surface area contributed by atoms with E-state index in [9.17, 15) is 34.6 Å². The Balaban J connectivity index is 0.000000508. The van der Waals surface area contributed by atoms with Gasteiger partial charge in [0.1, 0.15) is 36.3 Å². The number of nitro benzene ring substituents is 2. The van der Waals surface area contributed by atoms with E-state index >= 15 is 0 Å². The van der Waals surface area contributed by atoms with Gasteiger partial charge in [-0.15, -0.1) is 0 Å². The molecule has 0 aliphatic carbocycles. The van der Waals surface area contributed by atoms with Crippen molar-refractivity contribution in [1.29, 1.82) is 0 Å². The lowest BCUT2D eigenvalue weighted by Crippen LogP contribution is -2.17. The van der Waals surface area contributed by atoms with Crippen molar-refractivity contribution in [1.82, 2.24) is 15.6 Å². The lowest BCUT2D eigenvalue weighted by atomic mass is 10.2. The molecule has 0 spiro atoms. The van der Waals surface area contributed by atoms with Crippen molar-refractivity contribution < 1.29 is 62.5 Å². The maximum absolute atomic E-state index is 11.0. The number of likely N-dealkylation sites (N-methyl/N-ethyl adjacent to an activating group) is 2. The summed E-state index contributed by atoms with van der Waals surface area (Å²) in [6.45, 7) is 8.41. The van der Waals surface area contributed by atoms with Gasteiger partial charge in [-0.3, -0.25) is 20.2 Å². The van der Waals surface area contributed by atoms with Crippen molar-refractivity contribution in [3.05, 3.63) is 68.4 Å². The number of nitro groups is 2. The molecule has 2 aromatic carbocycles. The maximum atomic E-state index is 11.0. The number of anilines is 1. The Morgan fingerprint density at radius 3 is 1.64 bits per heavy atom. The summed E-state index contributed by atoms with van der Waals surface area (Å²) in [7, 11) is 3.74. The summed E-state index contributed by atoms with van der Waals surface area (Å²) in [4.78, 5) is 52.9. The van der Waals surface area contributed by atoms with Gasteiger partial charge >= 0.3 is 5.97 Å². The Morgan fingerprint density at radius 1 is 0.672 bits per heavy atom. The van der Waals surface area contributed by atoms with Crippen LogP contribution in [0.15, 0.2) is 42.5 Å². The highest BCUT2D eigenvalue weighted by Gasteiger charge is 2.19. The first-order chi connectivity index (χ1) is 28.2. The molecular formula is C37H56N6O15. The number of H-pyrrole nitrogens is 1. The lowest BCUT2D eigenvalue weighted by molar-refractivity contribution is -0.393. The molecule has 0 atom stereocenters. The molecule has 5 N–H and O–H groups in total. The van der Waals surface area contributed by atoms with Gasteiger partial charge in [0.2, 0.25) is 0 Å². The van der Waals surface area contributed by atoms with Crippen LogP contribution in [0, 0.1) is 20.2 Å². The predicted molar refractivity (Wildman–Crippen MR) is 213 cm³/mol. The second kappa shape index (κ2) is 34.0. The predicted octanol–water partition coefficient (Wildman–Crippen LogP) is 2.86. The monoisotopic (exact) mass is 824 g/mol. The minimum absolute atomic E-state index is 0.160. The molecule has 3 aromatic rings. The Kier molecular flexibility index (Phi) is 29.8. The van der Waals surface area contributed by atoms with Crippen LogP contribution in [0.4, 0.5) is 17.1 Å². The normalized spacial score (nSPS) is 10.5. The van der Waals surface area contributed by atoms with E-state index in [0.29, 0.717) is 111 Å². The zero-order chi connectivity index (χ0) is 42.6. The second-order valence-corrected chi connectivity index (χ2v) is 11.5. The number of benzene rings is 2. The number of hydrogen-bond acceptors (Lipinski definition) is 17. The van der Waals surface area contributed by atoms with Crippen LogP contribution >= 0.6 is 0 Å². The number of unbranched alkanes of at least 4 members (excludes halogenated alkanes) is 1. The van der Waals surface area contributed by atoms with Crippen LogP contribution in [0.2, 0.25) is 0 Å². The van der Waals surface area contributed by atoms with Crippen molar-refractivity contribution >= 4 is 46.5 Å². The van der Waals surface area contributed by atoms with Crippen LogP contribution in [-0.4, -0.2) is 158 Å². The maximum Gasteiger partial charge on any atom is 0.352 e. The molecule has 58 heavy (non-hydrogen) atoms. The molecule has 0 saturated heterocycles. The highest BCUT2D eigenvalue weighted by molar-refractivity contribution is 5.94. The average Bonchev–Trinajstić information content (AvgIpc) is 3.65. The fraction of sp³-hybridized carbons (Fsp3) is 0.541. The molecular weight excluding hydrogens is 768 g/mol. The Hall–Kier alpha value is -5.13. The van der Waals surface area contributed by atoms with Gasteiger partial charge in [0.25, 0.3) is 11.4 Å². The van der Waals surface area contributed by atoms with Crippen molar-refractivity contribution in [3.8, 4) is 5.75 Å². The largest absolute Gasteiger partial charge is 0.491 e. The summed E-state index contributed by atoms with van der Waals surface area (Å²) in [6.07, 6.45) is 2.19. The average molecular weight is 825 g/mol. The summed E-state index contributed by atoms with van der Waals surface area (Å²) >= 11 is 0. The molecule has 1 aromatic heterocycles. The van der Waals surface area contributed by atoms with E-state index in [-0.39, 0.29) is 22.8 Å². The van der Waals surface area contributed by atoms with Gasteiger partial charge < -0.3 is 68.8 Å². The fourth-order valence-corrected chi connectivity index (χ4v) is 4.29. The van der Waals surface area contributed by atoms with E-state index in [1.807, 2.05) is 20.2 Å². The quantitative estimate of drug-likeness (QED) is 0.0262. The Bertz CT molecular complexity index is 1590. The molecule has 21 heteroatoms. The first-order valence-electron chi connectivity index (χ1n) is 18.5. The molecule has 324 valence electrons. The van der Waals surface area contributed by atoms with E-state index in [4.69, 9.17) is 38.3 Å². The fourth-order valence-electron chi connectivity index (χ4n) is 4.29. The number of fused-ring (bicyclic) bond motifs is 1. The van der Waals surface area contributed by atoms with Gasteiger partial charge in [-0.2, -0.15) is 0 Å². The molecule has 1 heterocycles. The highest BCUT2D eigenvalue weighted by atomic mass is 16.6. The van der Waals surface area contributed by atoms with Gasteiger partial charge in [-0.25, -0.2) is 4.79 Å². The topological polar surface area (TPSA) is 274 Å². The third-order valence-corrected chi connectivity index (χ3v) is 7.15. The van der Waals surface area contributed by atoms with Crippen molar-refractivity contribution in [2.45, 2.75) is 12.8 Å². The minimum Gasteiger partial charge on any atom is -0.491 e. The number of carboxylic acid groups (broad SMARTS) is 1. The smallest absolute Gasteiger partial charge is 0.352 e. The number of hydrogen-bond donors (Lipinski definition) is 5. The number of ether oxygens (including phenoxy) is 7. The SMILES string of the molecule is CNCCOCCOCCOCCNc1ccc([N+](=O)[O-])cc1[N+](=O)[O-].CNCCOCCOCCOCCOc1ccc2cc(C(=O)O)[nH]c2c1.O=CCCC=O. The molecule has 0 aliphatic heterocycles. The van der Waals surface area contributed by atoms with Crippen LogP contribution in [0.5, 0.6) is 5.75 Å². The van der Waals surface area contributed by atoms with Gasteiger partial charge in [0, 0.05) is 55.5 Å². The number of aromatic nitrogens is 1. The van der Waals surface area contributed by atoms with Gasteiger partial charge in [0.05, 0.1) is 95.2 Å². The van der Waals surface area contributed by atoms with E-state index in [0.717, 1.165) is 42.6 Å². The van der Waals surface area contributed by atoms with E-state index < -0.39 is 15.8 Å². The molecule has 0 radical (unpaired) electrons. The molecule has 0 unspecified atom stereocenters. The molecule has 3 rings (SSSR count). The molecule has 21 nitrogen and oxygen atoms in total. The van der Waals surface area contributed by atoms with Crippen molar-refractivity contribution in [2.24, 2.45) is 0 Å². The van der Waals surface area contributed by atoms with Crippen LogP contribution in [0.3, 0.4) is 0 Å². The summed E-state index contributed by atoms with van der Waals surface area (Å²) < 4.78 is 37.7. The molecule has 0 bridgehead atoms. The van der Waals surface area contributed by atoms with E-state index in [1.54, 1.807) is 18.2 Å². The number of carboxylic acids is 1. The van der Waals surface area contributed by atoms with Gasteiger partial charge in [0.15, 0.2) is 0 Å². The number of nitrogens with zero attached hydrogens (tertiary/aromatic N) is 2. The second-order valence-electron chi connectivity index (χ2n) is 11.5. The van der Waals surface area contributed by atoms with E-state index in [1.165, 1.54) is 12.1 Å². The number of nitrogens with one attached hydrogen (secondary N) is 4. The molecule has 0 amide bonds. The zero-order valence-corrected chi connectivity index (χ0v) is 33.0. The van der Waals surface area contributed by atoms with Gasteiger partial charge in [-0.1, -0.05) is 0 Å². The van der Waals surface area contributed by atoms with Crippen molar-refractivity contribution in [2.75, 3.05) is 125 Å². The van der Waals surface area contributed by atoms with Crippen LogP contribution in [-0.2, 0) is 38.0 Å². The minimum atomic E-state index is -0.983. The van der Waals surface area contributed by atoms with E-state index in [2.05, 4.69) is 20.9 Å². The Labute approximate surface area is 336 Å². The molecule has 0 fully saturated rings. The van der Waals surface area contributed by atoms with Crippen LogP contribution in [0.25, 0.3) is 10.9 Å². The standard InChI is InChI=1S/C18H26N2O6.C15H24N4O7.C4H6O2/c1-19-4-5-23-6-7-24-8-9-25-10-11-26-15-3-2-14-12-17(18(21)22)20-16(14)13-15;1-16-4-6-24-8-10-26-11-9-25-7-5-17-14-3-2-13(18(20)21)12-15(14)19(22)23;5-3-1-2-4-6/h2-3,12-13,19-20H,4-11H2,1H3,(H,21,22);2-3,12,16-17H,4-11H2,1H3;3-4H,1-2H2. The number of carbonyl (C=O) groups is 3. The Morgan fingerprint density at radius 2 is 1.17 bits per heavy atom. The summed E-state index contributed by atoms with van der Waals surface area (Å²) in [5.74, 6) is -0.321.